The van der Waals surface area contributed by atoms with Crippen LogP contribution in [0, 0.1) is 37.5 Å². The van der Waals surface area contributed by atoms with Gasteiger partial charge in [0.05, 0.1) is 11.6 Å². The van der Waals surface area contributed by atoms with Gasteiger partial charge in [0.15, 0.2) is 5.13 Å². The van der Waals surface area contributed by atoms with Gasteiger partial charge in [-0.25, -0.2) is 4.98 Å². The summed E-state index contributed by atoms with van der Waals surface area (Å²) in [5, 5.41) is 22.1. The number of likely N-dealkylation sites (tertiary alicyclic amines) is 1. The van der Waals surface area contributed by atoms with E-state index in [0.717, 1.165) is 71.2 Å². The van der Waals surface area contributed by atoms with Crippen molar-refractivity contribution in [2.45, 2.75) is 39.7 Å². The summed E-state index contributed by atoms with van der Waals surface area (Å²) in [6.07, 6.45) is 2.79. The second-order valence-electron chi connectivity index (χ2n) is 11.9. The fourth-order valence-corrected chi connectivity index (χ4v) is 7.63. The number of amides is 1. The maximum Gasteiger partial charge on any atom is 0.307 e. The van der Waals surface area contributed by atoms with Crippen LogP contribution in [0.2, 0.25) is 0 Å². The van der Waals surface area contributed by atoms with Crippen molar-refractivity contribution in [3.63, 3.8) is 0 Å². The van der Waals surface area contributed by atoms with E-state index in [1.54, 1.807) is 11.3 Å². The van der Waals surface area contributed by atoms with Crippen LogP contribution in [0.5, 0.6) is 5.75 Å². The molecule has 2 N–H and O–H groups in total. The van der Waals surface area contributed by atoms with Gasteiger partial charge in [0.25, 0.3) is 5.91 Å². The Labute approximate surface area is 244 Å². The Morgan fingerprint density at radius 1 is 1.05 bits per heavy atom. The number of aryl methyl sites for hydroxylation is 2. The molecule has 2 bridgehead atoms. The highest BCUT2D eigenvalue weighted by molar-refractivity contribution is 7.14. The Hall–Kier alpha value is -3.43. The molecule has 8 nitrogen and oxygen atoms in total. The Bertz CT molecular complexity index is 1440. The van der Waals surface area contributed by atoms with Crippen LogP contribution in [-0.4, -0.2) is 64.8 Å². The summed E-state index contributed by atoms with van der Waals surface area (Å²) in [6.45, 7) is 7.33. The third-order valence-corrected chi connectivity index (χ3v) is 10.00. The third kappa shape index (κ3) is 5.57. The molecule has 1 amide bonds. The van der Waals surface area contributed by atoms with Gasteiger partial charge in [-0.05, 0) is 80.3 Å². The third-order valence-electron chi connectivity index (χ3n) is 9.10. The lowest BCUT2D eigenvalue weighted by Gasteiger charge is -2.35. The summed E-state index contributed by atoms with van der Waals surface area (Å²) in [5.41, 5.74) is 5.59. The average Bonchev–Trinajstić information content (AvgIpc) is 3.70. The lowest BCUT2D eigenvalue weighted by Crippen LogP contribution is -2.44. The summed E-state index contributed by atoms with van der Waals surface area (Å²) in [5.74, 6) is 0.434. The number of carboxylic acids is 1. The Morgan fingerprint density at radius 3 is 2.51 bits per heavy atom. The molecule has 1 saturated carbocycles. The minimum absolute atomic E-state index is 0.0110. The Morgan fingerprint density at radius 2 is 1.83 bits per heavy atom. The molecular weight excluding hydrogens is 538 g/mol. The first kappa shape index (κ1) is 27.7. The number of carboxylic acid groups (broad SMARTS) is 1. The summed E-state index contributed by atoms with van der Waals surface area (Å²) in [6, 6.07) is 11.9. The molecule has 3 aliphatic rings. The van der Waals surface area contributed by atoms with E-state index in [2.05, 4.69) is 23.3 Å². The molecular formula is C32H37N3O5S. The van der Waals surface area contributed by atoms with Crippen LogP contribution in [0.4, 0.5) is 5.13 Å². The predicted molar refractivity (Wildman–Crippen MR) is 158 cm³/mol. The van der Waals surface area contributed by atoms with Crippen molar-refractivity contribution < 1.29 is 24.5 Å². The maximum absolute atomic E-state index is 13.0. The van der Waals surface area contributed by atoms with Gasteiger partial charge in [-0.1, -0.05) is 17.7 Å². The zero-order valence-electron chi connectivity index (χ0n) is 23.6. The number of carbonyl (C=O) groups excluding carboxylic acids is 1. The molecule has 1 aromatic heterocycles. The minimum atomic E-state index is -0.655. The highest BCUT2D eigenvalue weighted by Crippen LogP contribution is 2.44. The van der Waals surface area contributed by atoms with E-state index in [4.69, 9.17) is 9.72 Å². The predicted octanol–water partition coefficient (Wildman–Crippen LogP) is 5.01. The summed E-state index contributed by atoms with van der Waals surface area (Å²) < 4.78 is 6.34. The summed E-state index contributed by atoms with van der Waals surface area (Å²) in [7, 11) is 0. The molecule has 9 heteroatoms. The highest BCUT2D eigenvalue weighted by Gasteiger charge is 2.46. The molecule has 3 fully saturated rings. The zero-order chi connectivity index (χ0) is 28.7. The van der Waals surface area contributed by atoms with Gasteiger partial charge in [0, 0.05) is 55.2 Å². The number of fused-ring (bicyclic) bond motifs is 2. The first-order chi connectivity index (χ1) is 19.8. The number of hydrogen-bond donors (Lipinski definition) is 2. The SMILES string of the molecule is Cc1ccc(OCc2ccc(C(=O)N3CC[C@@H](CO)C3)cc2C)c(-c2csc(N3CC4CC[C@H](C3)C4C(=O)O)n2)c1. The number of aliphatic hydroxyl groups is 1. The van der Waals surface area contributed by atoms with E-state index >= 15 is 0 Å². The van der Waals surface area contributed by atoms with Crippen LogP contribution >= 0.6 is 11.3 Å². The van der Waals surface area contributed by atoms with Crippen molar-refractivity contribution in [2.24, 2.45) is 23.7 Å². The lowest BCUT2D eigenvalue weighted by atomic mass is 9.85. The normalized spacial score (nSPS) is 23.7. The number of ether oxygens (including phenoxy) is 1. The van der Waals surface area contributed by atoms with Crippen LogP contribution in [0.3, 0.4) is 0 Å². The average molecular weight is 576 g/mol. The maximum atomic E-state index is 13.0. The highest BCUT2D eigenvalue weighted by atomic mass is 32.1. The smallest absolute Gasteiger partial charge is 0.307 e. The van der Waals surface area contributed by atoms with Crippen molar-refractivity contribution >= 4 is 28.3 Å². The van der Waals surface area contributed by atoms with Crippen molar-refractivity contribution in [3.05, 3.63) is 64.0 Å². The lowest BCUT2D eigenvalue weighted by molar-refractivity contribution is -0.144. The number of piperidine rings is 1. The zero-order valence-corrected chi connectivity index (χ0v) is 24.4. The van der Waals surface area contributed by atoms with Gasteiger partial charge in [0.1, 0.15) is 12.4 Å². The van der Waals surface area contributed by atoms with Gasteiger partial charge < -0.3 is 24.7 Å². The van der Waals surface area contributed by atoms with Crippen molar-refractivity contribution in [3.8, 4) is 17.0 Å². The van der Waals surface area contributed by atoms with Gasteiger partial charge in [-0.2, -0.15) is 0 Å². The molecule has 6 rings (SSSR count). The molecule has 2 aliphatic heterocycles. The first-order valence-electron chi connectivity index (χ1n) is 14.5. The van der Waals surface area contributed by atoms with Gasteiger partial charge >= 0.3 is 5.97 Å². The van der Waals surface area contributed by atoms with Crippen LogP contribution in [0.15, 0.2) is 41.8 Å². The van der Waals surface area contributed by atoms with E-state index in [-0.39, 0.29) is 36.2 Å². The Balaban J connectivity index is 1.15. The summed E-state index contributed by atoms with van der Waals surface area (Å²) in [4.78, 5) is 33.8. The quantitative estimate of drug-likeness (QED) is 0.389. The molecule has 3 heterocycles. The fourth-order valence-electron chi connectivity index (χ4n) is 6.78. The van der Waals surface area contributed by atoms with Crippen LogP contribution in [0.1, 0.15) is 46.3 Å². The second kappa shape index (κ2) is 11.4. The number of aliphatic carboxylic acids is 1. The molecule has 1 aliphatic carbocycles. The number of aromatic nitrogens is 1. The molecule has 41 heavy (non-hydrogen) atoms. The molecule has 4 atom stereocenters. The fraction of sp³-hybridized carbons (Fsp3) is 0.469. The molecule has 2 saturated heterocycles. The molecule has 0 radical (unpaired) electrons. The van der Waals surface area contributed by atoms with Gasteiger partial charge in [-0.15, -0.1) is 11.3 Å². The molecule has 2 aromatic carbocycles. The van der Waals surface area contributed by atoms with E-state index in [9.17, 15) is 19.8 Å². The number of nitrogens with zero attached hydrogens (tertiary/aromatic N) is 3. The topological polar surface area (TPSA) is 103 Å². The number of benzene rings is 2. The van der Waals surface area contributed by atoms with E-state index < -0.39 is 5.97 Å². The number of anilines is 1. The van der Waals surface area contributed by atoms with Gasteiger partial charge in [-0.3, -0.25) is 9.59 Å². The second-order valence-corrected chi connectivity index (χ2v) is 12.7. The number of carbonyl (C=O) groups is 2. The van der Waals surface area contributed by atoms with Crippen molar-refractivity contribution in [1.82, 2.24) is 9.88 Å². The van der Waals surface area contributed by atoms with E-state index in [1.165, 1.54) is 0 Å². The first-order valence-corrected chi connectivity index (χ1v) is 15.4. The molecule has 0 spiro atoms. The number of hydrogen-bond acceptors (Lipinski definition) is 7. The number of rotatable bonds is 8. The van der Waals surface area contributed by atoms with E-state index in [1.807, 2.05) is 42.2 Å². The summed E-state index contributed by atoms with van der Waals surface area (Å²) >= 11 is 1.60. The largest absolute Gasteiger partial charge is 0.488 e. The standard InChI is InChI=1S/C32H37N3O5S/c1-19-3-8-28(40-17-25-7-4-22(12-20(25)2)30(37)34-10-9-21(13-34)16-36)26(11-19)27-18-41-32(33-27)35-14-23-5-6-24(15-35)29(23)31(38)39/h3-4,7-8,11-12,18,21,23-24,29,36H,5-6,9-10,13-17H2,1-2H3,(H,38,39)/t21-,23-,24?,29?/m1/s1. The Kier molecular flexibility index (Phi) is 7.74. The number of aliphatic hydroxyl groups excluding tert-OH is 1. The minimum Gasteiger partial charge on any atom is -0.488 e. The monoisotopic (exact) mass is 575 g/mol. The van der Waals surface area contributed by atoms with Crippen LogP contribution < -0.4 is 9.64 Å². The molecule has 3 aromatic rings. The number of thiazole rings is 1. The van der Waals surface area contributed by atoms with Crippen LogP contribution in [0.25, 0.3) is 11.3 Å². The van der Waals surface area contributed by atoms with Crippen LogP contribution in [-0.2, 0) is 11.4 Å². The molecule has 2 unspecified atom stereocenters. The van der Waals surface area contributed by atoms with Crippen molar-refractivity contribution in [2.75, 3.05) is 37.7 Å². The van der Waals surface area contributed by atoms with Gasteiger partial charge in [0.2, 0.25) is 0 Å². The van der Waals surface area contributed by atoms with E-state index in [0.29, 0.717) is 25.3 Å². The van der Waals surface area contributed by atoms with Crippen molar-refractivity contribution in [1.29, 1.82) is 0 Å². The molecule has 216 valence electrons.